The fraction of sp³-hybridized carbons (Fsp3) is 0. The van der Waals surface area contributed by atoms with Gasteiger partial charge >= 0.3 is 0 Å². The molecule has 0 atom stereocenters. The maximum absolute atomic E-state index is 13.2. The van der Waals surface area contributed by atoms with Crippen molar-refractivity contribution >= 4 is 34.8 Å². The van der Waals surface area contributed by atoms with Crippen molar-refractivity contribution < 1.29 is 19.4 Å². The molecule has 0 bridgehead atoms. The molecule has 0 unspecified atom stereocenters. The summed E-state index contributed by atoms with van der Waals surface area (Å²) in [6.07, 6.45) is 0. The first-order valence-corrected chi connectivity index (χ1v) is 6.12. The number of amides is 1. The van der Waals surface area contributed by atoms with Crippen LogP contribution in [0, 0.1) is 5.82 Å². The average molecular weight is 316 g/mol. The van der Waals surface area contributed by atoms with E-state index in [1.165, 1.54) is 24.3 Å². The lowest BCUT2D eigenvalue weighted by molar-refractivity contribution is 0.102. The molecular weight excluding hydrogens is 308 g/mol. The molecule has 0 heterocycles. The summed E-state index contributed by atoms with van der Waals surface area (Å²) in [6, 6.07) is 6.01. The molecule has 0 aliphatic rings. The zero-order chi connectivity index (χ0) is 14.9. The van der Waals surface area contributed by atoms with E-state index in [1.807, 2.05) is 0 Å². The van der Waals surface area contributed by atoms with Crippen LogP contribution in [0.3, 0.4) is 0 Å². The van der Waals surface area contributed by atoms with E-state index in [0.29, 0.717) is 0 Å². The quantitative estimate of drug-likeness (QED) is 0.583. The molecule has 0 aliphatic carbocycles. The van der Waals surface area contributed by atoms with E-state index in [2.05, 4.69) is 5.32 Å². The number of hydrogen-bond donors (Lipinski definition) is 3. The van der Waals surface area contributed by atoms with Gasteiger partial charge in [-0.05, 0) is 30.3 Å². The van der Waals surface area contributed by atoms with Gasteiger partial charge in [0, 0.05) is 11.3 Å². The highest BCUT2D eigenvalue weighted by Gasteiger charge is 2.12. The van der Waals surface area contributed by atoms with E-state index >= 15 is 0 Å². The molecule has 0 radical (unpaired) electrons. The van der Waals surface area contributed by atoms with Gasteiger partial charge in [0.15, 0.2) is 17.3 Å². The van der Waals surface area contributed by atoms with Crippen molar-refractivity contribution in [3.05, 3.63) is 51.8 Å². The highest BCUT2D eigenvalue weighted by Crippen LogP contribution is 2.28. The summed E-state index contributed by atoms with van der Waals surface area (Å²) in [5.41, 5.74) is 0.316. The van der Waals surface area contributed by atoms with E-state index in [0.717, 1.165) is 6.07 Å². The number of hydrogen-bond acceptors (Lipinski definition) is 3. The van der Waals surface area contributed by atoms with Crippen molar-refractivity contribution in [1.82, 2.24) is 0 Å². The summed E-state index contributed by atoms with van der Waals surface area (Å²) in [7, 11) is 0. The fourth-order valence-electron chi connectivity index (χ4n) is 1.50. The highest BCUT2D eigenvalue weighted by atomic mass is 35.5. The van der Waals surface area contributed by atoms with Gasteiger partial charge in [-0.15, -0.1) is 0 Å². The van der Waals surface area contributed by atoms with Gasteiger partial charge in [0.25, 0.3) is 5.91 Å². The number of phenolic OH excluding ortho intramolecular Hbond substituents is 2. The number of phenols is 2. The predicted molar refractivity (Wildman–Crippen MR) is 74.1 cm³/mol. The fourth-order valence-corrected chi connectivity index (χ4v) is 1.98. The third kappa shape index (κ3) is 2.95. The lowest BCUT2D eigenvalue weighted by Crippen LogP contribution is -2.11. The lowest BCUT2D eigenvalue weighted by Gasteiger charge is -2.08. The molecule has 2 rings (SSSR count). The van der Waals surface area contributed by atoms with Gasteiger partial charge in [-0.2, -0.15) is 0 Å². The Labute approximate surface area is 123 Å². The predicted octanol–water partition coefficient (Wildman–Crippen LogP) is 3.80. The normalized spacial score (nSPS) is 10.3. The number of rotatable bonds is 2. The molecule has 0 saturated carbocycles. The van der Waals surface area contributed by atoms with Crippen LogP contribution in [0.5, 0.6) is 11.5 Å². The summed E-state index contributed by atoms with van der Waals surface area (Å²) in [4.78, 5) is 11.9. The van der Waals surface area contributed by atoms with Crippen LogP contribution in [0.15, 0.2) is 30.3 Å². The number of halogens is 3. The first kappa shape index (κ1) is 14.4. The van der Waals surface area contributed by atoms with E-state index < -0.39 is 17.5 Å². The van der Waals surface area contributed by atoms with E-state index in [-0.39, 0.29) is 27.0 Å². The first-order valence-electron chi connectivity index (χ1n) is 5.36. The summed E-state index contributed by atoms with van der Waals surface area (Å²) in [5, 5.41) is 20.5. The Kier molecular flexibility index (Phi) is 4.01. The second-order valence-electron chi connectivity index (χ2n) is 3.91. The molecule has 20 heavy (non-hydrogen) atoms. The van der Waals surface area contributed by atoms with Crippen LogP contribution in [0.1, 0.15) is 10.4 Å². The van der Waals surface area contributed by atoms with Crippen molar-refractivity contribution in [2.75, 3.05) is 5.32 Å². The Balaban J connectivity index is 2.25. The van der Waals surface area contributed by atoms with Gasteiger partial charge in [-0.3, -0.25) is 4.79 Å². The zero-order valence-electron chi connectivity index (χ0n) is 9.82. The van der Waals surface area contributed by atoms with Crippen LogP contribution < -0.4 is 5.32 Å². The largest absolute Gasteiger partial charge is 0.504 e. The SMILES string of the molecule is O=C(Nc1cc(Cl)c(F)c(Cl)c1)c1ccc(O)c(O)c1. The first-order chi connectivity index (χ1) is 9.38. The molecule has 4 nitrogen and oxygen atoms in total. The van der Waals surface area contributed by atoms with E-state index in [1.54, 1.807) is 0 Å². The molecule has 2 aromatic carbocycles. The van der Waals surface area contributed by atoms with Crippen molar-refractivity contribution in [2.45, 2.75) is 0 Å². The third-order valence-electron chi connectivity index (χ3n) is 2.48. The van der Waals surface area contributed by atoms with Gasteiger partial charge in [0.05, 0.1) is 10.0 Å². The van der Waals surface area contributed by atoms with Gasteiger partial charge in [-0.25, -0.2) is 4.39 Å². The highest BCUT2D eigenvalue weighted by molar-refractivity contribution is 6.35. The Morgan fingerprint density at radius 3 is 2.20 bits per heavy atom. The van der Waals surface area contributed by atoms with Gasteiger partial charge in [-0.1, -0.05) is 23.2 Å². The molecule has 1 amide bonds. The van der Waals surface area contributed by atoms with Gasteiger partial charge in [0.2, 0.25) is 0 Å². The van der Waals surface area contributed by atoms with Crippen LogP contribution in [0.25, 0.3) is 0 Å². The monoisotopic (exact) mass is 315 g/mol. The second kappa shape index (κ2) is 5.56. The van der Waals surface area contributed by atoms with Crippen LogP contribution in [0.4, 0.5) is 10.1 Å². The van der Waals surface area contributed by atoms with Crippen LogP contribution in [-0.4, -0.2) is 16.1 Å². The standard InChI is InChI=1S/C13H8Cl2FNO3/c14-8-4-7(5-9(15)12(8)16)17-13(20)6-1-2-10(18)11(19)3-6/h1-5,18-19H,(H,17,20). The summed E-state index contributed by atoms with van der Waals surface area (Å²) in [5.74, 6) is -2.10. The van der Waals surface area contributed by atoms with Crippen LogP contribution in [-0.2, 0) is 0 Å². The summed E-state index contributed by atoms with van der Waals surface area (Å²) < 4.78 is 13.2. The molecule has 0 saturated heterocycles. The van der Waals surface area contributed by atoms with Crippen molar-refractivity contribution in [2.24, 2.45) is 0 Å². The molecule has 2 aromatic rings. The maximum atomic E-state index is 13.2. The molecular formula is C13H8Cl2FNO3. The number of carbonyl (C=O) groups is 1. The molecule has 0 fully saturated rings. The molecule has 0 aliphatic heterocycles. The summed E-state index contributed by atoms with van der Waals surface area (Å²) >= 11 is 11.2. The lowest BCUT2D eigenvalue weighted by atomic mass is 10.2. The molecule has 7 heteroatoms. The Morgan fingerprint density at radius 1 is 1.05 bits per heavy atom. The van der Waals surface area contributed by atoms with Gasteiger partial charge < -0.3 is 15.5 Å². The maximum Gasteiger partial charge on any atom is 0.255 e. The van der Waals surface area contributed by atoms with E-state index in [9.17, 15) is 14.3 Å². The Morgan fingerprint density at radius 2 is 1.65 bits per heavy atom. The Bertz CT molecular complexity index is 668. The molecule has 0 aromatic heterocycles. The minimum Gasteiger partial charge on any atom is -0.504 e. The van der Waals surface area contributed by atoms with Gasteiger partial charge in [0.1, 0.15) is 0 Å². The smallest absolute Gasteiger partial charge is 0.255 e. The number of anilines is 1. The van der Waals surface area contributed by atoms with Crippen LogP contribution >= 0.6 is 23.2 Å². The minimum absolute atomic E-state index is 0.108. The third-order valence-corrected chi connectivity index (χ3v) is 3.03. The molecule has 0 spiro atoms. The molecule has 104 valence electrons. The van der Waals surface area contributed by atoms with Crippen molar-refractivity contribution in [3.63, 3.8) is 0 Å². The number of nitrogens with one attached hydrogen (secondary N) is 1. The number of aromatic hydroxyl groups is 2. The van der Waals surface area contributed by atoms with Crippen molar-refractivity contribution in [3.8, 4) is 11.5 Å². The minimum atomic E-state index is -0.770. The zero-order valence-corrected chi connectivity index (χ0v) is 11.3. The number of carbonyl (C=O) groups excluding carboxylic acids is 1. The Hall–Kier alpha value is -1.98. The van der Waals surface area contributed by atoms with Crippen molar-refractivity contribution in [1.29, 1.82) is 0 Å². The topological polar surface area (TPSA) is 69.6 Å². The average Bonchev–Trinajstić information content (AvgIpc) is 2.39. The molecule has 3 N–H and O–H groups in total. The summed E-state index contributed by atoms with van der Waals surface area (Å²) in [6.45, 7) is 0. The van der Waals surface area contributed by atoms with E-state index in [4.69, 9.17) is 28.3 Å². The number of benzene rings is 2. The second-order valence-corrected chi connectivity index (χ2v) is 4.73. The van der Waals surface area contributed by atoms with Crippen LogP contribution in [0.2, 0.25) is 10.0 Å².